The minimum atomic E-state index is -0.998. The Bertz CT molecular complexity index is 758. The molecule has 144 valence electrons. The molecule has 2 aromatic rings. The van der Waals surface area contributed by atoms with E-state index in [2.05, 4.69) is 15.6 Å². The molecule has 0 fully saturated rings. The van der Waals surface area contributed by atoms with Crippen LogP contribution in [0.3, 0.4) is 0 Å². The molecule has 0 bridgehead atoms. The van der Waals surface area contributed by atoms with E-state index in [0.29, 0.717) is 12.2 Å². The lowest BCUT2D eigenvalue weighted by atomic mass is 10.1. The highest BCUT2D eigenvalue weighted by Crippen LogP contribution is 2.11. The molecule has 0 saturated carbocycles. The molecule has 7 nitrogen and oxygen atoms in total. The van der Waals surface area contributed by atoms with E-state index in [9.17, 15) is 14.7 Å². The molecule has 2 amide bonds. The Labute approximate surface area is 162 Å². The standard InChI is InChI=1S/C19H22ClN3O4/c1-2-27-16(12-23-19(26)14-9-6-10-21-17(14)20)15(24)11-22-18(25)13-7-4-3-5-8-13/h3-10,15-16,24H,2,11-12H2,1H3,(H,22,25)(H,23,26)/t15-,16+/m0/s1. The number of carbonyl (C=O) groups excluding carboxylic acids is 2. The molecule has 0 spiro atoms. The van der Waals surface area contributed by atoms with Gasteiger partial charge in [0.15, 0.2) is 0 Å². The predicted molar refractivity (Wildman–Crippen MR) is 102 cm³/mol. The first-order chi connectivity index (χ1) is 13.0. The SMILES string of the molecule is CCO[C@H](CNC(=O)c1cccnc1Cl)[C@@H](O)CNC(=O)c1ccccc1. The van der Waals surface area contributed by atoms with Crippen molar-refractivity contribution in [3.63, 3.8) is 0 Å². The van der Waals surface area contributed by atoms with E-state index in [1.165, 1.54) is 6.20 Å². The number of halogens is 1. The highest BCUT2D eigenvalue weighted by atomic mass is 35.5. The molecule has 27 heavy (non-hydrogen) atoms. The molecule has 0 radical (unpaired) electrons. The number of rotatable bonds is 9. The fourth-order valence-corrected chi connectivity index (χ4v) is 2.59. The average Bonchev–Trinajstić information content (AvgIpc) is 2.69. The van der Waals surface area contributed by atoms with Crippen molar-refractivity contribution in [1.82, 2.24) is 15.6 Å². The summed E-state index contributed by atoms with van der Waals surface area (Å²) < 4.78 is 5.49. The van der Waals surface area contributed by atoms with Crippen molar-refractivity contribution in [2.75, 3.05) is 19.7 Å². The first-order valence-corrected chi connectivity index (χ1v) is 8.92. The van der Waals surface area contributed by atoms with Crippen molar-refractivity contribution in [2.24, 2.45) is 0 Å². The third-order valence-electron chi connectivity index (χ3n) is 3.79. The minimum absolute atomic E-state index is 0.0120. The predicted octanol–water partition coefficient (Wildman–Crippen LogP) is 1.66. The lowest BCUT2D eigenvalue weighted by molar-refractivity contribution is -0.0287. The third kappa shape index (κ3) is 6.32. The monoisotopic (exact) mass is 391 g/mol. The molecule has 1 heterocycles. The van der Waals surface area contributed by atoms with E-state index in [4.69, 9.17) is 16.3 Å². The Morgan fingerprint density at radius 3 is 2.48 bits per heavy atom. The van der Waals surface area contributed by atoms with Crippen LogP contribution in [0.25, 0.3) is 0 Å². The molecule has 2 rings (SSSR count). The lowest BCUT2D eigenvalue weighted by Crippen LogP contribution is -2.46. The van der Waals surface area contributed by atoms with Crippen molar-refractivity contribution < 1.29 is 19.4 Å². The molecule has 8 heteroatoms. The topological polar surface area (TPSA) is 101 Å². The summed E-state index contributed by atoms with van der Waals surface area (Å²) in [6.45, 7) is 2.17. The molecule has 2 atom stereocenters. The number of ether oxygens (including phenoxy) is 1. The van der Waals surface area contributed by atoms with Gasteiger partial charge in [-0.25, -0.2) is 4.98 Å². The first-order valence-electron chi connectivity index (χ1n) is 8.54. The molecule has 3 N–H and O–H groups in total. The van der Waals surface area contributed by atoms with E-state index in [-0.39, 0.29) is 29.7 Å². The van der Waals surface area contributed by atoms with Crippen LogP contribution in [0, 0.1) is 0 Å². The Morgan fingerprint density at radius 2 is 1.81 bits per heavy atom. The number of pyridine rings is 1. The fraction of sp³-hybridized carbons (Fsp3) is 0.316. The van der Waals surface area contributed by atoms with Gasteiger partial charge in [0.1, 0.15) is 11.3 Å². The van der Waals surface area contributed by atoms with E-state index in [1.54, 1.807) is 43.3 Å². The number of hydrogen-bond acceptors (Lipinski definition) is 5. The van der Waals surface area contributed by atoms with Gasteiger partial charge in [0.25, 0.3) is 11.8 Å². The van der Waals surface area contributed by atoms with Gasteiger partial charge in [-0.2, -0.15) is 0 Å². The maximum atomic E-state index is 12.2. The van der Waals surface area contributed by atoms with Crippen LogP contribution in [-0.2, 0) is 4.74 Å². The van der Waals surface area contributed by atoms with Crippen LogP contribution in [-0.4, -0.2) is 53.8 Å². The zero-order valence-corrected chi connectivity index (χ0v) is 15.6. The van der Waals surface area contributed by atoms with Crippen LogP contribution in [0.15, 0.2) is 48.7 Å². The van der Waals surface area contributed by atoms with E-state index in [1.807, 2.05) is 6.07 Å². The van der Waals surface area contributed by atoms with Crippen LogP contribution >= 0.6 is 11.6 Å². The Balaban J connectivity index is 1.88. The molecule has 0 saturated heterocycles. The van der Waals surface area contributed by atoms with Crippen LogP contribution in [0.5, 0.6) is 0 Å². The quantitative estimate of drug-likeness (QED) is 0.564. The summed E-state index contributed by atoms with van der Waals surface area (Å²) in [6, 6.07) is 11.8. The molecule has 0 aliphatic carbocycles. The largest absolute Gasteiger partial charge is 0.388 e. The summed E-state index contributed by atoms with van der Waals surface area (Å²) in [4.78, 5) is 28.1. The average molecular weight is 392 g/mol. The second kappa shape index (κ2) is 10.6. The van der Waals surface area contributed by atoms with E-state index in [0.717, 1.165) is 0 Å². The fourth-order valence-electron chi connectivity index (χ4n) is 2.38. The summed E-state index contributed by atoms with van der Waals surface area (Å²) in [6.07, 6.45) is -0.200. The number of aliphatic hydroxyl groups is 1. The van der Waals surface area contributed by atoms with Crippen molar-refractivity contribution in [3.8, 4) is 0 Å². The molecule has 1 aromatic heterocycles. The number of aliphatic hydroxyl groups excluding tert-OH is 1. The van der Waals surface area contributed by atoms with Gasteiger partial charge < -0.3 is 20.5 Å². The van der Waals surface area contributed by atoms with Crippen molar-refractivity contribution in [2.45, 2.75) is 19.1 Å². The van der Waals surface area contributed by atoms with Gasteiger partial charge in [-0.1, -0.05) is 29.8 Å². The normalized spacial score (nSPS) is 12.9. The number of benzene rings is 1. The summed E-state index contributed by atoms with van der Waals surface area (Å²) >= 11 is 5.90. The molecule has 0 aliphatic heterocycles. The molecule has 0 aliphatic rings. The highest BCUT2D eigenvalue weighted by Gasteiger charge is 2.22. The zero-order valence-electron chi connectivity index (χ0n) is 14.9. The second-order valence-electron chi connectivity index (χ2n) is 5.69. The maximum absolute atomic E-state index is 12.2. The first kappa shape index (κ1) is 20.8. The van der Waals surface area contributed by atoms with Crippen LogP contribution in [0.4, 0.5) is 0 Å². The number of hydrogen-bond donors (Lipinski definition) is 3. The molecule has 0 unspecified atom stereocenters. The minimum Gasteiger partial charge on any atom is -0.388 e. The van der Waals surface area contributed by atoms with Crippen molar-refractivity contribution in [1.29, 1.82) is 0 Å². The number of nitrogens with zero attached hydrogens (tertiary/aromatic N) is 1. The van der Waals surface area contributed by atoms with Crippen LogP contribution in [0.1, 0.15) is 27.6 Å². The number of nitrogens with one attached hydrogen (secondary N) is 2. The smallest absolute Gasteiger partial charge is 0.254 e. The molecular formula is C19H22ClN3O4. The van der Waals surface area contributed by atoms with Gasteiger partial charge in [-0.3, -0.25) is 9.59 Å². The number of aromatic nitrogens is 1. The van der Waals surface area contributed by atoms with Crippen LogP contribution in [0.2, 0.25) is 5.15 Å². The van der Waals surface area contributed by atoms with Gasteiger partial charge >= 0.3 is 0 Å². The van der Waals surface area contributed by atoms with Crippen molar-refractivity contribution in [3.05, 3.63) is 64.9 Å². The van der Waals surface area contributed by atoms with Gasteiger partial charge in [-0.05, 0) is 31.2 Å². The van der Waals surface area contributed by atoms with E-state index >= 15 is 0 Å². The maximum Gasteiger partial charge on any atom is 0.254 e. The highest BCUT2D eigenvalue weighted by molar-refractivity contribution is 6.32. The third-order valence-corrected chi connectivity index (χ3v) is 4.09. The van der Waals surface area contributed by atoms with Crippen LogP contribution < -0.4 is 10.6 Å². The summed E-state index contributed by atoms with van der Waals surface area (Å²) in [5, 5.41) is 15.8. The number of amides is 2. The summed E-state index contributed by atoms with van der Waals surface area (Å²) in [5.41, 5.74) is 0.735. The Kier molecular flexibility index (Phi) is 8.19. The Morgan fingerprint density at radius 1 is 1.11 bits per heavy atom. The van der Waals surface area contributed by atoms with Gasteiger partial charge in [0.05, 0.1) is 11.7 Å². The molecular weight excluding hydrogens is 370 g/mol. The number of carbonyl (C=O) groups is 2. The lowest BCUT2D eigenvalue weighted by Gasteiger charge is -2.23. The van der Waals surface area contributed by atoms with E-state index < -0.39 is 18.1 Å². The van der Waals surface area contributed by atoms with Gasteiger partial charge in [0, 0.05) is 31.5 Å². The second-order valence-corrected chi connectivity index (χ2v) is 6.05. The zero-order chi connectivity index (χ0) is 19.6. The van der Waals surface area contributed by atoms with Crippen molar-refractivity contribution >= 4 is 23.4 Å². The Hall–Kier alpha value is -2.48. The molecule has 1 aromatic carbocycles. The summed E-state index contributed by atoms with van der Waals surface area (Å²) in [7, 11) is 0. The summed E-state index contributed by atoms with van der Waals surface area (Å²) in [5.74, 6) is -0.714. The van der Waals surface area contributed by atoms with Gasteiger partial charge in [-0.15, -0.1) is 0 Å². The van der Waals surface area contributed by atoms with Gasteiger partial charge in [0.2, 0.25) is 0 Å².